The fraction of sp³-hybridized carbons (Fsp3) is 0.583. The minimum absolute atomic E-state index is 0.0875. The third-order valence-corrected chi connectivity index (χ3v) is 5.92. The topological polar surface area (TPSA) is 154 Å². The molecule has 0 aromatic carbocycles. The molecule has 2 aliphatic heterocycles. The lowest BCUT2D eigenvalue weighted by atomic mass is 10.1. The Labute approximate surface area is 209 Å². The molecule has 2 atom stereocenters. The number of nitrogens with zero attached hydrogens (tertiary/aromatic N) is 6. The first-order chi connectivity index (χ1) is 17.5. The van der Waals surface area contributed by atoms with Crippen molar-refractivity contribution in [2.24, 2.45) is 0 Å². The van der Waals surface area contributed by atoms with E-state index in [-0.39, 0.29) is 25.3 Å². The van der Waals surface area contributed by atoms with Crippen LogP contribution in [0.25, 0.3) is 0 Å². The lowest BCUT2D eigenvalue weighted by molar-refractivity contribution is -0.0340. The Bertz CT molecular complexity index is 1030. The molecule has 0 N–H and O–H groups in total. The Morgan fingerprint density at radius 2 is 1.28 bits per heavy atom. The number of methoxy groups -OCH3 is 2. The predicted molar refractivity (Wildman–Crippen MR) is 123 cm³/mol. The first-order valence-corrected chi connectivity index (χ1v) is 11.8. The van der Waals surface area contributed by atoms with Crippen LogP contribution in [0.15, 0.2) is 12.7 Å². The first kappa shape index (κ1) is 26.9. The van der Waals surface area contributed by atoms with Crippen LogP contribution >= 0.6 is 0 Å². The number of aromatic nitrogens is 4. The zero-order valence-corrected chi connectivity index (χ0v) is 20.5. The van der Waals surface area contributed by atoms with Crippen LogP contribution in [-0.4, -0.2) is 58.5 Å². The van der Waals surface area contributed by atoms with Gasteiger partial charge in [0.1, 0.15) is 12.5 Å². The van der Waals surface area contributed by atoms with Crippen molar-refractivity contribution in [1.29, 1.82) is 10.5 Å². The van der Waals surface area contributed by atoms with Crippen molar-refractivity contribution < 1.29 is 28.5 Å². The highest BCUT2D eigenvalue weighted by Gasteiger charge is 2.27. The van der Waals surface area contributed by atoms with Crippen LogP contribution in [0.4, 0.5) is 0 Å². The summed E-state index contributed by atoms with van der Waals surface area (Å²) in [5.74, 6) is -0.959. The molecule has 0 aliphatic carbocycles. The number of carbonyl (C=O) groups excluding carboxylic acids is 2. The Kier molecular flexibility index (Phi) is 9.98. The highest BCUT2D eigenvalue weighted by atomic mass is 16.5. The first-order valence-electron chi connectivity index (χ1n) is 11.8. The predicted octanol–water partition coefficient (Wildman–Crippen LogP) is 2.87. The number of carbonyl (C=O) groups is 2. The molecule has 4 rings (SSSR count). The molecule has 2 aromatic rings. The average molecular weight is 499 g/mol. The van der Waals surface area contributed by atoms with E-state index in [0.717, 1.165) is 38.5 Å². The molecule has 0 bridgehead atoms. The van der Waals surface area contributed by atoms with Gasteiger partial charge >= 0.3 is 11.9 Å². The van der Waals surface area contributed by atoms with Crippen LogP contribution in [0.5, 0.6) is 0 Å². The van der Waals surface area contributed by atoms with Gasteiger partial charge in [-0.25, -0.2) is 19.6 Å². The van der Waals surface area contributed by atoms with Gasteiger partial charge in [-0.2, -0.15) is 10.5 Å². The van der Waals surface area contributed by atoms with E-state index in [4.69, 9.17) is 29.5 Å². The van der Waals surface area contributed by atoms with Gasteiger partial charge in [-0.05, 0) is 38.5 Å². The Morgan fingerprint density at radius 3 is 1.58 bits per heavy atom. The molecule has 2 saturated heterocycles. The van der Waals surface area contributed by atoms with Crippen molar-refractivity contribution in [3.63, 3.8) is 0 Å². The van der Waals surface area contributed by atoms with Gasteiger partial charge in [0, 0.05) is 13.2 Å². The third-order valence-electron chi connectivity index (χ3n) is 5.92. The van der Waals surface area contributed by atoms with E-state index >= 15 is 0 Å². The maximum atomic E-state index is 11.8. The Hall–Kier alpha value is -3.74. The summed E-state index contributed by atoms with van der Waals surface area (Å²) in [5, 5.41) is 17.5. The number of hydrogen-bond donors (Lipinski definition) is 0. The number of nitriles is 2. The van der Waals surface area contributed by atoms with Crippen LogP contribution in [0.1, 0.15) is 83.3 Å². The van der Waals surface area contributed by atoms with Crippen LogP contribution in [-0.2, 0) is 31.8 Å². The van der Waals surface area contributed by atoms with E-state index in [1.54, 1.807) is 21.8 Å². The van der Waals surface area contributed by atoms with E-state index in [2.05, 4.69) is 9.97 Å². The molecular formula is C24H30N6O6. The molecular weight excluding hydrogens is 468 g/mol. The smallest absolute Gasteiger partial charge is 0.356 e. The number of hydrogen-bond acceptors (Lipinski definition) is 10. The molecule has 2 unspecified atom stereocenters. The molecule has 2 aliphatic rings. The zero-order chi connectivity index (χ0) is 25.9. The molecule has 0 amide bonds. The summed E-state index contributed by atoms with van der Waals surface area (Å²) in [6.07, 6.45) is 8.75. The lowest BCUT2D eigenvalue weighted by Gasteiger charge is -2.24. The number of esters is 2. The molecule has 0 radical (unpaired) electrons. The number of rotatable bonds is 6. The van der Waals surface area contributed by atoms with E-state index in [1.807, 2.05) is 12.1 Å². The monoisotopic (exact) mass is 498 g/mol. The molecule has 0 saturated carbocycles. The molecule has 192 valence electrons. The SMILES string of the molecule is COC(=O)c1c(CC#N)ncn1C1CCCCO1.COC(=O)c1c(CC#N)ncn1C1CCCCO1. The van der Waals surface area contributed by atoms with Gasteiger partial charge in [0.15, 0.2) is 11.4 Å². The summed E-state index contributed by atoms with van der Waals surface area (Å²) in [6.45, 7) is 1.36. The third kappa shape index (κ3) is 6.27. The second-order valence-corrected chi connectivity index (χ2v) is 8.19. The van der Waals surface area contributed by atoms with Gasteiger partial charge in [-0.3, -0.25) is 9.13 Å². The fourth-order valence-corrected chi connectivity index (χ4v) is 4.17. The summed E-state index contributed by atoms with van der Waals surface area (Å²) < 4.78 is 24.1. The molecule has 2 fully saturated rings. The van der Waals surface area contributed by atoms with Crippen molar-refractivity contribution >= 4 is 11.9 Å². The molecule has 2 aromatic heterocycles. The highest BCUT2D eigenvalue weighted by molar-refractivity contribution is 5.89. The molecule has 12 nitrogen and oxygen atoms in total. The van der Waals surface area contributed by atoms with Crippen molar-refractivity contribution in [1.82, 2.24) is 19.1 Å². The van der Waals surface area contributed by atoms with Crippen molar-refractivity contribution in [3.8, 4) is 12.1 Å². The summed E-state index contributed by atoms with van der Waals surface area (Å²) >= 11 is 0. The molecule has 4 heterocycles. The molecule has 36 heavy (non-hydrogen) atoms. The van der Waals surface area contributed by atoms with E-state index in [1.165, 1.54) is 14.2 Å². The Balaban J connectivity index is 0.000000201. The van der Waals surface area contributed by atoms with Gasteiger partial charge in [-0.15, -0.1) is 0 Å². The van der Waals surface area contributed by atoms with Gasteiger partial charge in [0.2, 0.25) is 0 Å². The van der Waals surface area contributed by atoms with Crippen LogP contribution < -0.4 is 0 Å². The zero-order valence-electron chi connectivity index (χ0n) is 20.5. The van der Waals surface area contributed by atoms with E-state index in [9.17, 15) is 9.59 Å². The normalized spacial score (nSPS) is 19.2. The van der Waals surface area contributed by atoms with E-state index < -0.39 is 11.9 Å². The van der Waals surface area contributed by atoms with Crippen LogP contribution in [0.2, 0.25) is 0 Å². The number of imidazole rings is 2. The standard InChI is InChI=1S/2C12H15N3O3/c2*1-17-12(16)11-9(5-6-13)14-8-15(11)10-4-2-3-7-18-10/h2*8,10H,2-5,7H2,1H3. The maximum absolute atomic E-state index is 11.8. The van der Waals surface area contributed by atoms with Gasteiger partial charge < -0.3 is 18.9 Å². The van der Waals surface area contributed by atoms with Crippen molar-refractivity contribution in [3.05, 3.63) is 35.4 Å². The van der Waals surface area contributed by atoms with Crippen LogP contribution in [0, 0.1) is 22.7 Å². The second-order valence-electron chi connectivity index (χ2n) is 8.19. The number of ether oxygens (including phenoxy) is 4. The summed E-state index contributed by atoms with van der Waals surface area (Å²) in [6, 6.07) is 3.99. The Morgan fingerprint density at radius 1 is 0.861 bits per heavy atom. The van der Waals surface area contributed by atoms with Crippen LogP contribution in [0.3, 0.4) is 0 Å². The summed E-state index contributed by atoms with van der Waals surface area (Å²) in [7, 11) is 2.63. The lowest BCUT2D eigenvalue weighted by Crippen LogP contribution is -2.22. The van der Waals surface area contributed by atoms with E-state index in [0.29, 0.717) is 36.0 Å². The molecule has 12 heteroatoms. The van der Waals surface area contributed by atoms with Gasteiger partial charge in [-0.1, -0.05) is 0 Å². The summed E-state index contributed by atoms with van der Waals surface area (Å²) in [5.41, 5.74) is 1.54. The highest BCUT2D eigenvalue weighted by Crippen LogP contribution is 2.26. The van der Waals surface area contributed by atoms with Gasteiger partial charge in [0.05, 0.1) is 63.2 Å². The maximum Gasteiger partial charge on any atom is 0.356 e. The summed E-state index contributed by atoms with van der Waals surface area (Å²) in [4.78, 5) is 31.8. The minimum atomic E-state index is -0.480. The fourth-order valence-electron chi connectivity index (χ4n) is 4.17. The quantitative estimate of drug-likeness (QED) is 0.543. The second kappa shape index (κ2) is 13.4. The largest absolute Gasteiger partial charge is 0.464 e. The molecule has 0 spiro atoms. The minimum Gasteiger partial charge on any atom is -0.464 e. The van der Waals surface area contributed by atoms with Crippen molar-refractivity contribution in [2.75, 3.05) is 27.4 Å². The van der Waals surface area contributed by atoms with Crippen molar-refractivity contribution in [2.45, 2.75) is 63.8 Å². The van der Waals surface area contributed by atoms with Gasteiger partial charge in [0.25, 0.3) is 0 Å². The average Bonchev–Trinajstić information content (AvgIpc) is 3.54.